The highest BCUT2D eigenvalue weighted by Crippen LogP contribution is 2.25. The molecule has 32 heavy (non-hydrogen) atoms. The van der Waals surface area contributed by atoms with Gasteiger partial charge in [-0.3, -0.25) is 4.90 Å². The van der Waals surface area contributed by atoms with Crippen molar-refractivity contribution in [2.45, 2.75) is 6.92 Å². The number of amides is 4. The molecule has 0 aromatic heterocycles. The number of carbonyl (C=O) groups is 2. The van der Waals surface area contributed by atoms with Crippen molar-refractivity contribution in [2.24, 2.45) is 0 Å². The van der Waals surface area contributed by atoms with Crippen LogP contribution in [0.25, 0.3) is 0 Å². The third-order valence-electron chi connectivity index (χ3n) is 4.43. The maximum absolute atomic E-state index is 13.0. The molecule has 0 saturated heterocycles. The van der Waals surface area contributed by atoms with E-state index in [0.29, 0.717) is 28.7 Å². The molecule has 0 unspecified atom stereocenters. The summed E-state index contributed by atoms with van der Waals surface area (Å²) >= 11 is 5.92. The monoisotopic (exact) mass is 452 g/mol. The average molecular weight is 453 g/mol. The average Bonchev–Trinajstić information content (AvgIpc) is 2.80. The Morgan fingerprint density at radius 3 is 2.19 bits per heavy atom. The molecular formula is C24H25ClN4O3. The highest BCUT2D eigenvalue weighted by Gasteiger charge is 2.16. The summed E-state index contributed by atoms with van der Waals surface area (Å²) in [5.74, 6) is 1.38. The van der Waals surface area contributed by atoms with Gasteiger partial charge in [0, 0.05) is 36.0 Å². The number of ether oxygens (including phenoxy) is 1. The van der Waals surface area contributed by atoms with Crippen molar-refractivity contribution >= 4 is 35.0 Å². The predicted octanol–water partition coefficient (Wildman–Crippen LogP) is 5.49. The Hall–Kier alpha value is -3.71. The molecule has 7 nitrogen and oxygen atoms in total. The maximum Gasteiger partial charge on any atom is 0.326 e. The van der Waals surface area contributed by atoms with Crippen molar-refractivity contribution in [3.63, 3.8) is 0 Å². The van der Waals surface area contributed by atoms with Crippen molar-refractivity contribution < 1.29 is 14.3 Å². The third-order valence-corrected chi connectivity index (χ3v) is 4.68. The first-order valence-electron chi connectivity index (χ1n) is 10.2. The molecule has 0 saturated carbocycles. The van der Waals surface area contributed by atoms with Gasteiger partial charge in [-0.2, -0.15) is 0 Å². The van der Waals surface area contributed by atoms with E-state index in [-0.39, 0.29) is 25.2 Å². The number of carbonyl (C=O) groups excluding carboxylic acids is 2. The molecule has 4 amide bonds. The van der Waals surface area contributed by atoms with Gasteiger partial charge in [0.2, 0.25) is 0 Å². The standard InChI is InChI=1S/C24H25ClN4O3/c1-2-26-23(30)27-16-17-29(24(31)28-19-10-8-18(25)9-11-19)20-12-14-22(15-13-20)32-21-6-4-3-5-7-21/h3-15H,2,16-17H2,1H3,(H,28,31)(H2,26,27,30). The highest BCUT2D eigenvalue weighted by atomic mass is 35.5. The van der Waals surface area contributed by atoms with Crippen LogP contribution in [0.1, 0.15) is 6.92 Å². The van der Waals surface area contributed by atoms with Gasteiger partial charge in [0.15, 0.2) is 0 Å². The zero-order chi connectivity index (χ0) is 22.8. The third kappa shape index (κ3) is 6.92. The largest absolute Gasteiger partial charge is 0.457 e. The molecule has 3 aromatic rings. The van der Waals surface area contributed by atoms with E-state index >= 15 is 0 Å². The summed E-state index contributed by atoms with van der Waals surface area (Å²) in [5.41, 5.74) is 1.28. The first-order chi connectivity index (χ1) is 15.5. The Bertz CT molecular complexity index is 1010. The van der Waals surface area contributed by atoms with Gasteiger partial charge in [-0.05, 0) is 67.6 Å². The minimum atomic E-state index is -0.332. The number of benzene rings is 3. The molecule has 3 aromatic carbocycles. The van der Waals surface area contributed by atoms with E-state index in [1.807, 2.05) is 37.3 Å². The summed E-state index contributed by atoms with van der Waals surface area (Å²) in [4.78, 5) is 26.2. The van der Waals surface area contributed by atoms with Gasteiger partial charge in [-0.15, -0.1) is 0 Å². The Morgan fingerprint density at radius 2 is 1.53 bits per heavy atom. The SMILES string of the molecule is CCNC(=O)NCCN(C(=O)Nc1ccc(Cl)cc1)c1ccc(Oc2ccccc2)cc1. The lowest BCUT2D eigenvalue weighted by Crippen LogP contribution is -2.43. The normalized spacial score (nSPS) is 10.2. The number of hydrogen-bond acceptors (Lipinski definition) is 3. The number of halogens is 1. The van der Waals surface area contributed by atoms with Crippen LogP contribution >= 0.6 is 11.6 Å². The topological polar surface area (TPSA) is 82.7 Å². The van der Waals surface area contributed by atoms with Gasteiger partial charge in [-0.1, -0.05) is 29.8 Å². The van der Waals surface area contributed by atoms with Crippen LogP contribution in [0.5, 0.6) is 11.5 Å². The van der Waals surface area contributed by atoms with Crippen LogP contribution in [0.3, 0.4) is 0 Å². The van der Waals surface area contributed by atoms with Gasteiger partial charge in [0.25, 0.3) is 0 Å². The number of para-hydroxylation sites is 1. The van der Waals surface area contributed by atoms with Crippen LogP contribution in [-0.4, -0.2) is 31.7 Å². The van der Waals surface area contributed by atoms with Crippen molar-refractivity contribution in [3.05, 3.63) is 83.9 Å². The maximum atomic E-state index is 13.0. The van der Waals surface area contributed by atoms with Gasteiger partial charge in [0.05, 0.1) is 0 Å². The molecular weight excluding hydrogens is 428 g/mol. The molecule has 8 heteroatoms. The molecule has 0 fully saturated rings. The van der Waals surface area contributed by atoms with E-state index < -0.39 is 0 Å². The summed E-state index contributed by atoms with van der Waals surface area (Å²) in [6.45, 7) is 2.91. The van der Waals surface area contributed by atoms with E-state index in [2.05, 4.69) is 16.0 Å². The lowest BCUT2D eigenvalue weighted by Gasteiger charge is -2.24. The van der Waals surface area contributed by atoms with E-state index in [9.17, 15) is 9.59 Å². The van der Waals surface area contributed by atoms with Crippen molar-refractivity contribution in [1.82, 2.24) is 10.6 Å². The van der Waals surface area contributed by atoms with Crippen LogP contribution in [0.2, 0.25) is 5.02 Å². The molecule has 3 rings (SSSR count). The lowest BCUT2D eigenvalue weighted by atomic mass is 10.2. The summed E-state index contributed by atoms with van der Waals surface area (Å²) in [7, 11) is 0. The van der Waals surface area contributed by atoms with E-state index in [0.717, 1.165) is 5.75 Å². The number of anilines is 2. The molecule has 0 atom stereocenters. The van der Waals surface area contributed by atoms with Crippen molar-refractivity contribution in [2.75, 3.05) is 29.9 Å². The zero-order valence-corrected chi connectivity index (χ0v) is 18.4. The second-order valence-electron chi connectivity index (χ2n) is 6.78. The Kier molecular flexibility index (Phi) is 8.34. The molecule has 0 bridgehead atoms. The first-order valence-corrected chi connectivity index (χ1v) is 10.6. The molecule has 0 aliphatic carbocycles. The summed E-state index contributed by atoms with van der Waals surface area (Å²) in [5, 5.41) is 8.84. The smallest absolute Gasteiger partial charge is 0.326 e. The van der Waals surface area contributed by atoms with Gasteiger partial charge >= 0.3 is 12.1 Å². The van der Waals surface area contributed by atoms with Crippen molar-refractivity contribution in [3.8, 4) is 11.5 Å². The number of nitrogens with zero attached hydrogens (tertiary/aromatic N) is 1. The first kappa shape index (κ1) is 23.0. The summed E-state index contributed by atoms with van der Waals surface area (Å²) in [6.07, 6.45) is 0. The number of urea groups is 2. The molecule has 0 aliphatic rings. The molecule has 3 N–H and O–H groups in total. The molecule has 0 heterocycles. The lowest BCUT2D eigenvalue weighted by molar-refractivity contribution is 0.241. The molecule has 0 spiro atoms. The van der Waals surface area contributed by atoms with Gasteiger partial charge in [-0.25, -0.2) is 9.59 Å². The van der Waals surface area contributed by atoms with Crippen molar-refractivity contribution in [1.29, 1.82) is 0 Å². The Balaban J connectivity index is 1.72. The van der Waals surface area contributed by atoms with Gasteiger partial charge in [0.1, 0.15) is 11.5 Å². The summed E-state index contributed by atoms with van der Waals surface area (Å²) < 4.78 is 5.82. The zero-order valence-electron chi connectivity index (χ0n) is 17.7. The summed E-state index contributed by atoms with van der Waals surface area (Å²) in [6, 6.07) is 22.9. The quantitative estimate of drug-likeness (QED) is 0.422. The van der Waals surface area contributed by atoms with Crippen LogP contribution in [0, 0.1) is 0 Å². The minimum Gasteiger partial charge on any atom is -0.457 e. The second kappa shape index (κ2) is 11.6. The Morgan fingerprint density at radius 1 is 0.875 bits per heavy atom. The van der Waals surface area contributed by atoms with Crippen LogP contribution in [0.4, 0.5) is 21.0 Å². The van der Waals surface area contributed by atoms with Crippen LogP contribution in [-0.2, 0) is 0 Å². The predicted molar refractivity (Wildman–Crippen MR) is 128 cm³/mol. The second-order valence-corrected chi connectivity index (χ2v) is 7.22. The van der Waals surface area contributed by atoms with E-state index in [1.165, 1.54) is 0 Å². The molecule has 0 radical (unpaired) electrons. The number of rotatable bonds is 8. The fraction of sp³-hybridized carbons (Fsp3) is 0.167. The van der Waals surface area contributed by atoms with E-state index in [1.54, 1.807) is 53.4 Å². The Labute approximate surface area is 192 Å². The van der Waals surface area contributed by atoms with E-state index in [4.69, 9.17) is 16.3 Å². The van der Waals surface area contributed by atoms with Crippen LogP contribution < -0.4 is 25.6 Å². The molecule has 0 aliphatic heterocycles. The number of hydrogen-bond donors (Lipinski definition) is 3. The molecule has 166 valence electrons. The fourth-order valence-electron chi connectivity index (χ4n) is 2.90. The minimum absolute atomic E-state index is 0.273. The van der Waals surface area contributed by atoms with Gasteiger partial charge < -0.3 is 20.7 Å². The van der Waals surface area contributed by atoms with Crippen LogP contribution in [0.15, 0.2) is 78.9 Å². The highest BCUT2D eigenvalue weighted by molar-refractivity contribution is 6.30. The fourth-order valence-corrected chi connectivity index (χ4v) is 3.02. The number of nitrogens with one attached hydrogen (secondary N) is 3.